The second-order valence-electron chi connectivity index (χ2n) is 4.34. The zero-order chi connectivity index (χ0) is 15.9. The van der Waals surface area contributed by atoms with Gasteiger partial charge in [0.2, 0.25) is 0 Å². The second-order valence-corrected chi connectivity index (χ2v) is 5.19. The van der Waals surface area contributed by atoms with E-state index in [1.165, 1.54) is 6.07 Å². The van der Waals surface area contributed by atoms with Crippen LogP contribution in [0, 0.1) is 0 Å². The van der Waals surface area contributed by atoms with E-state index in [-0.39, 0.29) is 13.2 Å². The SMILES string of the molecule is CCCn1nnnc1COC(=O)COc1ccc(Cl)cc1Cl. The van der Waals surface area contributed by atoms with E-state index in [4.69, 9.17) is 32.7 Å². The van der Waals surface area contributed by atoms with Crippen molar-refractivity contribution in [1.29, 1.82) is 0 Å². The molecule has 0 amide bonds. The smallest absolute Gasteiger partial charge is 0.344 e. The van der Waals surface area contributed by atoms with Crippen molar-refractivity contribution in [1.82, 2.24) is 20.2 Å². The molecule has 0 saturated carbocycles. The molecule has 0 N–H and O–H groups in total. The molecule has 0 radical (unpaired) electrons. The lowest BCUT2D eigenvalue weighted by molar-refractivity contribution is -0.147. The van der Waals surface area contributed by atoms with Crippen LogP contribution in [0.15, 0.2) is 18.2 Å². The Kier molecular flexibility index (Phi) is 5.97. The predicted octanol–water partition coefficient (Wildman–Crippen LogP) is 2.51. The van der Waals surface area contributed by atoms with Gasteiger partial charge in [0.1, 0.15) is 5.75 Å². The van der Waals surface area contributed by atoms with Gasteiger partial charge in [0.15, 0.2) is 19.0 Å². The summed E-state index contributed by atoms with van der Waals surface area (Å²) in [4.78, 5) is 11.7. The molecule has 1 aromatic heterocycles. The largest absolute Gasteiger partial charge is 0.480 e. The normalized spacial score (nSPS) is 10.5. The number of halogens is 2. The van der Waals surface area contributed by atoms with Gasteiger partial charge in [0.25, 0.3) is 0 Å². The van der Waals surface area contributed by atoms with Gasteiger partial charge >= 0.3 is 5.97 Å². The van der Waals surface area contributed by atoms with Gasteiger partial charge in [0, 0.05) is 11.6 Å². The summed E-state index contributed by atoms with van der Waals surface area (Å²) in [6.45, 7) is 2.39. The Morgan fingerprint density at radius 1 is 1.36 bits per heavy atom. The molecule has 0 aliphatic carbocycles. The fourth-order valence-electron chi connectivity index (χ4n) is 1.63. The molecular formula is C13H14Cl2N4O3. The minimum atomic E-state index is -0.544. The Hall–Kier alpha value is -1.86. The van der Waals surface area contributed by atoms with E-state index in [9.17, 15) is 4.79 Å². The fourth-order valence-corrected chi connectivity index (χ4v) is 2.09. The third-order valence-electron chi connectivity index (χ3n) is 2.64. The Balaban J connectivity index is 1.81. The lowest BCUT2D eigenvalue weighted by atomic mass is 10.3. The number of esters is 1. The molecule has 0 bridgehead atoms. The first-order valence-electron chi connectivity index (χ1n) is 6.58. The summed E-state index contributed by atoms with van der Waals surface area (Å²) in [6.07, 6.45) is 0.879. The van der Waals surface area contributed by atoms with Gasteiger partial charge in [0.05, 0.1) is 5.02 Å². The Bertz CT molecular complexity index is 648. The van der Waals surface area contributed by atoms with Crippen molar-refractivity contribution in [3.63, 3.8) is 0 Å². The van der Waals surface area contributed by atoms with Crippen LogP contribution in [0.3, 0.4) is 0 Å². The third kappa shape index (κ3) is 4.57. The van der Waals surface area contributed by atoms with Gasteiger partial charge < -0.3 is 9.47 Å². The average Bonchev–Trinajstić information content (AvgIpc) is 2.92. The highest BCUT2D eigenvalue weighted by Gasteiger charge is 2.11. The molecule has 1 aromatic carbocycles. The maximum absolute atomic E-state index is 11.7. The molecule has 0 spiro atoms. The highest BCUT2D eigenvalue weighted by atomic mass is 35.5. The molecule has 0 atom stereocenters. The summed E-state index contributed by atoms with van der Waals surface area (Å²) in [5.41, 5.74) is 0. The first kappa shape index (κ1) is 16.5. The van der Waals surface area contributed by atoms with Crippen LogP contribution in [0.1, 0.15) is 19.2 Å². The quantitative estimate of drug-likeness (QED) is 0.718. The number of aryl methyl sites for hydroxylation is 1. The van der Waals surface area contributed by atoms with E-state index < -0.39 is 5.97 Å². The van der Waals surface area contributed by atoms with Gasteiger partial charge in [-0.3, -0.25) is 0 Å². The van der Waals surface area contributed by atoms with Crippen molar-refractivity contribution in [2.75, 3.05) is 6.61 Å². The molecule has 0 aliphatic rings. The minimum absolute atomic E-state index is 0.0104. The van der Waals surface area contributed by atoms with Crippen LogP contribution in [0.25, 0.3) is 0 Å². The van der Waals surface area contributed by atoms with Crippen LogP contribution in [0.2, 0.25) is 10.0 Å². The van der Waals surface area contributed by atoms with Gasteiger partial charge in [-0.05, 0) is 35.0 Å². The van der Waals surface area contributed by atoms with Crippen LogP contribution < -0.4 is 4.74 Å². The number of ether oxygens (including phenoxy) is 2. The molecule has 0 saturated heterocycles. The van der Waals surface area contributed by atoms with Crippen LogP contribution in [-0.4, -0.2) is 32.8 Å². The highest BCUT2D eigenvalue weighted by molar-refractivity contribution is 6.35. The zero-order valence-electron chi connectivity index (χ0n) is 11.8. The number of benzene rings is 1. The first-order chi connectivity index (χ1) is 10.6. The lowest BCUT2D eigenvalue weighted by Crippen LogP contribution is -2.16. The lowest BCUT2D eigenvalue weighted by Gasteiger charge is -2.08. The van der Waals surface area contributed by atoms with E-state index in [2.05, 4.69) is 15.5 Å². The third-order valence-corrected chi connectivity index (χ3v) is 3.17. The molecule has 2 aromatic rings. The maximum Gasteiger partial charge on any atom is 0.344 e. The molecule has 0 aliphatic heterocycles. The van der Waals surface area contributed by atoms with E-state index in [0.717, 1.165) is 6.42 Å². The zero-order valence-corrected chi connectivity index (χ0v) is 13.3. The Morgan fingerprint density at radius 2 is 2.18 bits per heavy atom. The number of carbonyl (C=O) groups is 1. The summed E-state index contributed by atoms with van der Waals surface area (Å²) in [7, 11) is 0. The Labute approximate surface area is 137 Å². The summed E-state index contributed by atoms with van der Waals surface area (Å²) in [6, 6.07) is 4.73. The molecule has 2 rings (SSSR count). The summed E-state index contributed by atoms with van der Waals surface area (Å²) >= 11 is 11.7. The van der Waals surface area contributed by atoms with Gasteiger partial charge in [-0.25, -0.2) is 9.48 Å². The van der Waals surface area contributed by atoms with Crippen molar-refractivity contribution < 1.29 is 14.3 Å². The molecule has 9 heteroatoms. The number of nitrogens with zero attached hydrogens (tertiary/aromatic N) is 4. The van der Waals surface area contributed by atoms with Crippen molar-refractivity contribution in [2.45, 2.75) is 26.5 Å². The maximum atomic E-state index is 11.7. The van der Waals surface area contributed by atoms with E-state index in [1.807, 2.05) is 6.92 Å². The van der Waals surface area contributed by atoms with Crippen molar-refractivity contribution in [3.8, 4) is 5.75 Å². The molecule has 0 unspecified atom stereocenters. The van der Waals surface area contributed by atoms with Crippen LogP contribution in [-0.2, 0) is 22.7 Å². The van der Waals surface area contributed by atoms with Gasteiger partial charge in [-0.2, -0.15) is 0 Å². The molecule has 22 heavy (non-hydrogen) atoms. The second kappa shape index (κ2) is 7.95. The number of rotatable bonds is 7. The molecular weight excluding hydrogens is 331 g/mol. The molecule has 118 valence electrons. The fraction of sp³-hybridized carbons (Fsp3) is 0.385. The average molecular weight is 345 g/mol. The molecule has 1 heterocycles. The van der Waals surface area contributed by atoms with E-state index in [1.54, 1.807) is 16.8 Å². The van der Waals surface area contributed by atoms with Crippen LogP contribution >= 0.6 is 23.2 Å². The van der Waals surface area contributed by atoms with Crippen molar-refractivity contribution in [2.24, 2.45) is 0 Å². The van der Waals surface area contributed by atoms with E-state index in [0.29, 0.717) is 28.2 Å². The number of tetrazole rings is 1. The summed E-state index contributed by atoms with van der Waals surface area (Å²) in [5, 5.41) is 12.0. The molecule has 7 nitrogen and oxygen atoms in total. The van der Waals surface area contributed by atoms with Crippen LogP contribution in [0.4, 0.5) is 0 Å². The summed E-state index contributed by atoms with van der Waals surface area (Å²) < 4.78 is 11.9. The van der Waals surface area contributed by atoms with Crippen molar-refractivity contribution >= 4 is 29.2 Å². The van der Waals surface area contributed by atoms with Crippen LogP contribution in [0.5, 0.6) is 5.75 Å². The minimum Gasteiger partial charge on any atom is -0.480 e. The Morgan fingerprint density at radius 3 is 2.91 bits per heavy atom. The number of hydrogen-bond acceptors (Lipinski definition) is 6. The topological polar surface area (TPSA) is 79.1 Å². The summed E-state index contributed by atoms with van der Waals surface area (Å²) in [5.74, 6) is 0.302. The number of carbonyl (C=O) groups excluding carboxylic acids is 1. The van der Waals surface area contributed by atoms with Crippen molar-refractivity contribution in [3.05, 3.63) is 34.1 Å². The van der Waals surface area contributed by atoms with E-state index >= 15 is 0 Å². The molecule has 0 fully saturated rings. The first-order valence-corrected chi connectivity index (χ1v) is 7.34. The predicted molar refractivity (Wildman–Crippen MR) is 79.9 cm³/mol. The van der Waals surface area contributed by atoms with Gasteiger partial charge in [-0.15, -0.1) is 5.10 Å². The standard InChI is InChI=1S/C13H14Cl2N4O3/c1-2-5-19-12(16-17-18-19)7-22-13(20)8-21-11-4-3-9(14)6-10(11)15/h3-4,6H,2,5,7-8H2,1H3. The highest BCUT2D eigenvalue weighted by Crippen LogP contribution is 2.27. The monoisotopic (exact) mass is 344 g/mol. The number of aromatic nitrogens is 4. The number of hydrogen-bond donors (Lipinski definition) is 0. The van der Waals surface area contributed by atoms with Gasteiger partial charge in [-0.1, -0.05) is 30.1 Å².